The molecule has 1 aromatic heterocycles. The number of nitrogens with zero attached hydrogens (tertiary/aromatic N) is 5. The van der Waals surface area contributed by atoms with E-state index in [2.05, 4.69) is 38.9 Å². The second-order valence-electron chi connectivity index (χ2n) is 9.02. The zero-order valence-corrected chi connectivity index (χ0v) is 19.0. The first-order chi connectivity index (χ1) is 15.5. The van der Waals surface area contributed by atoms with Gasteiger partial charge in [-0.15, -0.1) is 0 Å². The molecule has 7 nitrogen and oxygen atoms in total. The minimum atomic E-state index is -0.344. The van der Waals surface area contributed by atoms with Crippen LogP contribution in [-0.4, -0.2) is 87.9 Å². The van der Waals surface area contributed by atoms with E-state index in [1.54, 1.807) is 12.1 Å². The summed E-state index contributed by atoms with van der Waals surface area (Å²) < 4.78 is 0. The van der Waals surface area contributed by atoms with E-state index in [0.29, 0.717) is 30.4 Å². The number of pyridine rings is 1. The number of likely N-dealkylation sites (N-methyl/N-ethyl adjacent to an activating group) is 1. The van der Waals surface area contributed by atoms with Gasteiger partial charge in [0, 0.05) is 58.3 Å². The first-order valence-corrected chi connectivity index (χ1v) is 11.6. The van der Waals surface area contributed by atoms with Gasteiger partial charge in [0.1, 0.15) is 17.4 Å². The van der Waals surface area contributed by atoms with Gasteiger partial charge in [0.05, 0.1) is 5.02 Å². The average Bonchev–Trinajstić information content (AvgIpc) is 3.02. The highest BCUT2D eigenvalue weighted by molar-refractivity contribution is 6.30. The first kappa shape index (κ1) is 21.4. The minimum absolute atomic E-state index is 0.0784. The molecule has 0 aliphatic carbocycles. The number of carbonyl (C=O) groups excluding carboxylic acids is 2. The number of amides is 2. The van der Waals surface area contributed by atoms with E-state index in [-0.39, 0.29) is 23.5 Å². The quantitative estimate of drug-likeness (QED) is 0.713. The van der Waals surface area contributed by atoms with Gasteiger partial charge in [-0.1, -0.05) is 41.9 Å². The Morgan fingerprint density at radius 1 is 1.09 bits per heavy atom. The monoisotopic (exact) mass is 453 g/mol. The minimum Gasteiger partial charge on any atom is -0.337 e. The van der Waals surface area contributed by atoms with E-state index in [0.717, 1.165) is 38.0 Å². The molecule has 168 valence electrons. The molecule has 2 aromatic rings. The molecular weight excluding hydrogens is 426 g/mol. The lowest BCUT2D eigenvalue weighted by atomic mass is 9.92. The number of likely N-dealkylation sites (tertiary alicyclic amines) is 1. The average molecular weight is 454 g/mol. The number of rotatable bonds is 3. The van der Waals surface area contributed by atoms with Crippen LogP contribution in [0.25, 0.3) is 0 Å². The molecule has 3 aliphatic rings. The summed E-state index contributed by atoms with van der Waals surface area (Å²) in [7, 11) is 2.08. The van der Waals surface area contributed by atoms with E-state index in [4.69, 9.17) is 11.6 Å². The maximum Gasteiger partial charge on any atom is 0.272 e. The van der Waals surface area contributed by atoms with Crippen LogP contribution in [0.4, 0.5) is 0 Å². The summed E-state index contributed by atoms with van der Waals surface area (Å²) in [6.45, 7) is 4.36. The van der Waals surface area contributed by atoms with Crippen LogP contribution in [0, 0.1) is 0 Å². The third-order valence-electron chi connectivity index (χ3n) is 7.15. The Morgan fingerprint density at radius 2 is 1.84 bits per heavy atom. The zero-order valence-electron chi connectivity index (χ0n) is 18.3. The molecule has 0 radical (unpaired) electrons. The van der Waals surface area contributed by atoms with Gasteiger partial charge >= 0.3 is 0 Å². The normalized spacial score (nSPS) is 23.6. The molecule has 1 aromatic carbocycles. The number of halogens is 1. The van der Waals surface area contributed by atoms with Crippen molar-refractivity contribution in [2.75, 3.05) is 39.8 Å². The third-order valence-corrected chi connectivity index (χ3v) is 7.38. The molecule has 1 atom stereocenters. The summed E-state index contributed by atoms with van der Waals surface area (Å²) in [5.41, 5.74) is 1.20. The maximum atomic E-state index is 13.6. The molecular formula is C24H28ClN5O2. The number of fused-ring (bicyclic) bond motifs is 2. The van der Waals surface area contributed by atoms with Crippen molar-refractivity contribution in [3.63, 3.8) is 0 Å². The molecule has 0 unspecified atom stereocenters. The van der Waals surface area contributed by atoms with Crippen molar-refractivity contribution < 1.29 is 9.59 Å². The Hall–Kier alpha value is -2.48. The molecule has 3 aliphatic heterocycles. The highest BCUT2D eigenvalue weighted by atomic mass is 35.5. The Morgan fingerprint density at radius 3 is 2.53 bits per heavy atom. The number of carbonyl (C=O) groups is 2. The molecule has 2 amide bonds. The fraction of sp³-hybridized carbons (Fsp3) is 0.458. The molecule has 0 saturated carbocycles. The van der Waals surface area contributed by atoms with E-state index >= 15 is 0 Å². The summed E-state index contributed by atoms with van der Waals surface area (Å²) in [5.74, 6) is 0.130. The smallest absolute Gasteiger partial charge is 0.272 e. The van der Waals surface area contributed by atoms with Crippen LogP contribution in [0.5, 0.6) is 0 Å². The fourth-order valence-corrected chi connectivity index (χ4v) is 5.56. The molecule has 3 fully saturated rings. The van der Waals surface area contributed by atoms with Crippen molar-refractivity contribution in [1.82, 2.24) is 24.6 Å². The second kappa shape index (κ2) is 8.46. The van der Waals surface area contributed by atoms with Crippen molar-refractivity contribution in [1.29, 1.82) is 0 Å². The highest BCUT2D eigenvalue weighted by Gasteiger charge is 2.58. The summed E-state index contributed by atoms with van der Waals surface area (Å²) >= 11 is 5.92. The Kier molecular flexibility index (Phi) is 5.65. The lowest BCUT2D eigenvalue weighted by molar-refractivity contribution is -0.134. The molecule has 4 heterocycles. The molecule has 1 spiro atoms. The Balaban J connectivity index is 1.39. The molecule has 32 heavy (non-hydrogen) atoms. The molecule has 0 bridgehead atoms. The predicted octanol–water partition coefficient (Wildman–Crippen LogP) is 2.33. The van der Waals surface area contributed by atoms with Gasteiger partial charge in [-0.25, -0.2) is 4.98 Å². The van der Waals surface area contributed by atoms with E-state index in [9.17, 15) is 9.59 Å². The van der Waals surface area contributed by atoms with E-state index in [1.165, 1.54) is 6.20 Å². The van der Waals surface area contributed by atoms with Crippen LogP contribution in [0.1, 0.15) is 28.9 Å². The van der Waals surface area contributed by atoms with Crippen molar-refractivity contribution in [2.24, 2.45) is 0 Å². The number of piperazine rings is 1. The van der Waals surface area contributed by atoms with Crippen LogP contribution in [-0.2, 0) is 11.3 Å². The summed E-state index contributed by atoms with van der Waals surface area (Å²) in [6, 6.07) is 13.4. The summed E-state index contributed by atoms with van der Waals surface area (Å²) in [4.78, 5) is 39.4. The predicted molar refractivity (Wildman–Crippen MR) is 122 cm³/mol. The number of hydrogen-bond donors (Lipinski definition) is 0. The largest absolute Gasteiger partial charge is 0.337 e. The lowest BCUT2D eigenvalue weighted by Gasteiger charge is -2.50. The number of piperidine rings is 1. The van der Waals surface area contributed by atoms with Gasteiger partial charge in [-0.3, -0.25) is 14.5 Å². The molecule has 0 N–H and O–H groups in total. The summed E-state index contributed by atoms with van der Waals surface area (Å²) in [5, 5.41) is 0.515. The SMILES string of the molecule is CN1CCN2[C@H](C1)C(=O)N(Cc1ccccc1)C21CCN(C(=O)c2ccc(Cl)cn2)CC1. The zero-order chi connectivity index (χ0) is 22.3. The van der Waals surface area contributed by atoms with E-state index < -0.39 is 0 Å². The van der Waals surface area contributed by atoms with Gasteiger partial charge in [0.25, 0.3) is 5.91 Å². The van der Waals surface area contributed by atoms with Crippen molar-refractivity contribution in [3.8, 4) is 0 Å². The van der Waals surface area contributed by atoms with Crippen LogP contribution >= 0.6 is 11.6 Å². The van der Waals surface area contributed by atoms with Gasteiger partial charge in [-0.05, 0) is 24.7 Å². The molecule has 8 heteroatoms. The van der Waals surface area contributed by atoms with Crippen LogP contribution < -0.4 is 0 Å². The van der Waals surface area contributed by atoms with Gasteiger partial charge in [0.15, 0.2) is 0 Å². The number of aromatic nitrogens is 1. The van der Waals surface area contributed by atoms with E-state index in [1.807, 2.05) is 23.1 Å². The van der Waals surface area contributed by atoms with Gasteiger partial charge in [0.2, 0.25) is 5.91 Å². The Bertz CT molecular complexity index is 991. The van der Waals surface area contributed by atoms with Crippen molar-refractivity contribution in [2.45, 2.75) is 31.1 Å². The van der Waals surface area contributed by atoms with Gasteiger partial charge in [-0.2, -0.15) is 0 Å². The number of hydrogen-bond acceptors (Lipinski definition) is 5. The molecule has 5 rings (SSSR count). The van der Waals surface area contributed by atoms with Crippen LogP contribution in [0.15, 0.2) is 48.7 Å². The maximum absolute atomic E-state index is 13.6. The first-order valence-electron chi connectivity index (χ1n) is 11.2. The topological polar surface area (TPSA) is 60.0 Å². The standard InChI is InChI=1S/C24H28ClN5O2/c1-27-13-14-29-21(17-27)23(32)30(16-18-5-3-2-4-6-18)24(29)9-11-28(12-10-24)22(31)20-8-7-19(25)15-26-20/h2-8,15,21H,9-14,16-17H2,1H3/t21-/m1/s1. The number of benzene rings is 1. The van der Waals surface area contributed by atoms with Crippen molar-refractivity contribution >= 4 is 23.4 Å². The van der Waals surface area contributed by atoms with Gasteiger partial charge < -0.3 is 14.7 Å². The van der Waals surface area contributed by atoms with Crippen LogP contribution in [0.2, 0.25) is 5.02 Å². The lowest BCUT2D eigenvalue weighted by Crippen LogP contribution is -2.63. The van der Waals surface area contributed by atoms with Crippen LogP contribution in [0.3, 0.4) is 0 Å². The second-order valence-corrected chi connectivity index (χ2v) is 9.45. The third kappa shape index (κ3) is 3.68. The fourth-order valence-electron chi connectivity index (χ4n) is 5.45. The Labute approximate surface area is 193 Å². The van der Waals surface area contributed by atoms with Crippen molar-refractivity contribution in [3.05, 3.63) is 64.9 Å². The highest BCUT2D eigenvalue weighted by Crippen LogP contribution is 2.42. The molecule has 3 saturated heterocycles. The summed E-state index contributed by atoms with van der Waals surface area (Å²) in [6.07, 6.45) is 2.99.